The molecule has 1 fully saturated rings. The summed E-state index contributed by atoms with van der Waals surface area (Å²) >= 11 is 0. The third-order valence-corrected chi connectivity index (χ3v) is 2.44. The summed E-state index contributed by atoms with van der Waals surface area (Å²) in [5.41, 5.74) is 0. The van der Waals surface area contributed by atoms with Crippen LogP contribution in [0.25, 0.3) is 0 Å². The number of hydrogen-bond acceptors (Lipinski definition) is 5. The summed E-state index contributed by atoms with van der Waals surface area (Å²) in [5.74, 6) is 0.287. The van der Waals surface area contributed by atoms with Crippen LogP contribution < -0.4 is 0 Å². The minimum atomic E-state index is -0.266. The molecule has 1 unspecified atom stereocenters. The summed E-state index contributed by atoms with van der Waals surface area (Å²) in [4.78, 5) is 21.4. The van der Waals surface area contributed by atoms with E-state index in [0.29, 0.717) is 31.7 Å². The maximum atomic E-state index is 11.3. The Balaban J connectivity index is 2.20. The molecule has 5 heteroatoms. The molecule has 5 nitrogen and oxygen atoms in total. The van der Waals surface area contributed by atoms with Crippen molar-refractivity contribution in [1.29, 1.82) is 0 Å². The van der Waals surface area contributed by atoms with Gasteiger partial charge in [0.25, 0.3) is 6.47 Å². The molecule has 1 aliphatic heterocycles. The van der Waals surface area contributed by atoms with Crippen molar-refractivity contribution in [2.45, 2.75) is 45.1 Å². The zero-order valence-electron chi connectivity index (χ0n) is 10.0. The Morgan fingerprint density at radius 1 is 1.53 bits per heavy atom. The molecule has 1 aliphatic rings. The lowest BCUT2D eigenvalue weighted by molar-refractivity contribution is -0.138. The topological polar surface area (TPSA) is 61.8 Å². The van der Waals surface area contributed by atoms with E-state index in [2.05, 4.69) is 6.92 Å². The van der Waals surface area contributed by atoms with E-state index in [0.717, 1.165) is 19.3 Å². The van der Waals surface area contributed by atoms with E-state index in [1.54, 1.807) is 0 Å². The Kier molecular flexibility index (Phi) is 6.14. The van der Waals surface area contributed by atoms with Crippen molar-refractivity contribution in [2.24, 2.45) is 0 Å². The van der Waals surface area contributed by atoms with Gasteiger partial charge in [-0.05, 0) is 6.42 Å². The largest absolute Gasteiger partial charge is 0.491 e. The average Bonchev–Trinajstić information content (AvgIpc) is 2.75. The smallest absolute Gasteiger partial charge is 0.310 e. The minimum Gasteiger partial charge on any atom is -0.491 e. The van der Waals surface area contributed by atoms with Crippen LogP contribution in [-0.2, 0) is 23.8 Å². The maximum absolute atomic E-state index is 11.3. The Morgan fingerprint density at radius 3 is 3.06 bits per heavy atom. The van der Waals surface area contributed by atoms with Gasteiger partial charge in [0.05, 0.1) is 0 Å². The molecule has 0 N–H and O–H groups in total. The second-order valence-corrected chi connectivity index (χ2v) is 3.90. The lowest BCUT2D eigenvalue weighted by Crippen LogP contribution is -2.10. The van der Waals surface area contributed by atoms with Gasteiger partial charge in [-0.1, -0.05) is 19.8 Å². The van der Waals surface area contributed by atoms with Crippen LogP contribution in [0.15, 0.2) is 12.0 Å². The molecule has 0 aromatic rings. The van der Waals surface area contributed by atoms with Crippen LogP contribution in [0.2, 0.25) is 0 Å². The van der Waals surface area contributed by atoms with E-state index in [1.807, 2.05) is 0 Å². The molecule has 0 saturated carbocycles. The van der Waals surface area contributed by atoms with Crippen LogP contribution >= 0.6 is 0 Å². The van der Waals surface area contributed by atoms with E-state index in [4.69, 9.17) is 14.2 Å². The number of carbonyl (C=O) groups excluding carboxylic acids is 2. The zero-order chi connectivity index (χ0) is 12.5. The van der Waals surface area contributed by atoms with E-state index < -0.39 is 0 Å². The number of carbonyl (C=O) groups is 2. The number of esters is 1. The Hall–Kier alpha value is -1.52. The third kappa shape index (κ3) is 5.38. The van der Waals surface area contributed by atoms with Crippen molar-refractivity contribution in [2.75, 3.05) is 6.61 Å². The minimum absolute atomic E-state index is 0.255. The van der Waals surface area contributed by atoms with Crippen molar-refractivity contribution in [3.8, 4) is 0 Å². The van der Waals surface area contributed by atoms with E-state index in [-0.39, 0.29) is 12.1 Å². The summed E-state index contributed by atoms with van der Waals surface area (Å²) in [7, 11) is 0. The van der Waals surface area contributed by atoms with Gasteiger partial charge in [-0.25, -0.2) is 0 Å². The lowest BCUT2D eigenvalue weighted by Gasteiger charge is -2.00. The average molecular weight is 242 g/mol. The fraction of sp³-hybridized carbons (Fsp3) is 0.667. The monoisotopic (exact) mass is 242 g/mol. The Labute approximate surface area is 101 Å². The highest BCUT2D eigenvalue weighted by molar-refractivity contribution is 5.69. The van der Waals surface area contributed by atoms with Crippen LogP contribution in [0.5, 0.6) is 0 Å². The molecule has 17 heavy (non-hydrogen) atoms. The molecule has 0 bridgehead atoms. The van der Waals surface area contributed by atoms with Gasteiger partial charge in [0.2, 0.25) is 0 Å². The molecule has 1 atom stereocenters. The van der Waals surface area contributed by atoms with Crippen LogP contribution in [-0.4, -0.2) is 25.2 Å². The van der Waals surface area contributed by atoms with Gasteiger partial charge in [0.1, 0.15) is 24.7 Å². The fourth-order valence-electron chi connectivity index (χ4n) is 1.50. The van der Waals surface area contributed by atoms with Crippen molar-refractivity contribution in [1.82, 2.24) is 0 Å². The summed E-state index contributed by atoms with van der Waals surface area (Å²) in [6.07, 6.45) is 4.86. The van der Waals surface area contributed by atoms with E-state index in [1.165, 1.54) is 6.26 Å². The van der Waals surface area contributed by atoms with Gasteiger partial charge in [0, 0.05) is 12.8 Å². The second kappa shape index (κ2) is 7.70. The standard InChI is InChI=1S/C12H18O5/c1-2-3-4-5-12(14)16-8-10-6-11(7-15-10)17-9-13/h8-9,11H,2-7H2,1H3/b10-8+. The summed E-state index contributed by atoms with van der Waals surface area (Å²) in [6.45, 7) is 2.79. The van der Waals surface area contributed by atoms with Crippen LogP contribution in [0.1, 0.15) is 39.0 Å². The molecular formula is C12H18O5. The first-order valence-corrected chi connectivity index (χ1v) is 5.86. The summed E-state index contributed by atoms with van der Waals surface area (Å²) in [6, 6.07) is 0. The molecule has 0 aliphatic carbocycles. The first-order chi connectivity index (χ1) is 8.26. The Morgan fingerprint density at radius 2 is 2.35 bits per heavy atom. The molecule has 1 heterocycles. The number of rotatable bonds is 7. The number of hydrogen-bond donors (Lipinski definition) is 0. The fourth-order valence-corrected chi connectivity index (χ4v) is 1.50. The van der Waals surface area contributed by atoms with Gasteiger partial charge < -0.3 is 14.2 Å². The van der Waals surface area contributed by atoms with Gasteiger partial charge in [-0.15, -0.1) is 0 Å². The molecule has 0 radical (unpaired) electrons. The van der Waals surface area contributed by atoms with Crippen LogP contribution in [0, 0.1) is 0 Å². The van der Waals surface area contributed by atoms with Crippen molar-refractivity contribution < 1.29 is 23.8 Å². The molecule has 0 aromatic heterocycles. The molecule has 0 amide bonds. The zero-order valence-corrected chi connectivity index (χ0v) is 10.0. The maximum Gasteiger partial charge on any atom is 0.310 e. The first-order valence-electron chi connectivity index (χ1n) is 5.86. The lowest BCUT2D eigenvalue weighted by atomic mass is 10.2. The highest BCUT2D eigenvalue weighted by Crippen LogP contribution is 2.19. The number of unbranched alkanes of at least 4 members (excludes halogenated alkanes) is 2. The van der Waals surface area contributed by atoms with Crippen molar-refractivity contribution >= 4 is 12.4 Å². The quantitative estimate of drug-likeness (QED) is 0.295. The normalized spacial score (nSPS) is 21.0. The first kappa shape index (κ1) is 13.5. The molecular weight excluding hydrogens is 224 g/mol. The van der Waals surface area contributed by atoms with Crippen molar-refractivity contribution in [3.63, 3.8) is 0 Å². The number of ether oxygens (including phenoxy) is 3. The molecule has 0 spiro atoms. The predicted molar refractivity (Wildman–Crippen MR) is 59.8 cm³/mol. The highest BCUT2D eigenvalue weighted by Gasteiger charge is 2.22. The van der Waals surface area contributed by atoms with Crippen LogP contribution in [0.3, 0.4) is 0 Å². The molecule has 0 aromatic carbocycles. The van der Waals surface area contributed by atoms with Gasteiger partial charge in [-0.3, -0.25) is 9.59 Å². The van der Waals surface area contributed by atoms with E-state index in [9.17, 15) is 9.59 Å². The SMILES string of the molecule is CCCCCC(=O)O/C=C1\CC(OC=O)CO1. The third-order valence-electron chi connectivity index (χ3n) is 2.44. The summed E-state index contributed by atoms with van der Waals surface area (Å²) < 4.78 is 14.9. The van der Waals surface area contributed by atoms with Gasteiger partial charge >= 0.3 is 5.97 Å². The molecule has 1 rings (SSSR count). The Bertz CT molecular complexity index is 285. The summed E-state index contributed by atoms with van der Waals surface area (Å²) in [5, 5.41) is 0. The molecule has 96 valence electrons. The van der Waals surface area contributed by atoms with Crippen molar-refractivity contribution in [3.05, 3.63) is 12.0 Å². The van der Waals surface area contributed by atoms with Gasteiger partial charge in [0.15, 0.2) is 0 Å². The second-order valence-electron chi connectivity index (χ2n) is 3.90. The van der Waals surface area contributed by atoms with Crippen LogP contribution in [0.4, 0.5) is 0 Å². The van der Waals surface area contributed by atoms with Gasteiger partial charge in [-0.2, -0.15) is 0 Å². The highest BCUT2D eigenvalue weighted by atomic mass is 16.6. The predicted octanol–water partition coefficient (Wildman–Crippen LogP) is 1.91. The molecule has 1 saturated heterocycles. The van der Waals surface area contributed by atoms with E-state index >= 15 is 0 Å².